The molecule has 0 fully saturated rings. The van der Waals surface area contributed by atoms with Crippen molar-refractivity contribution in [3.8, 4) is 5.75 Å². The first kappa shape index (κ1) is 14.1. The zero-order chi connectivity index (χ0) is 14.5. The highest BCUT2D eigenvalue weighted by molar-refractivity contribution is 5.96. The molecule has 1 amide bonds. The van der Waals surface area contributed by atoms with E-state index in [4.69, 9.17) is 5.73 Å². The Morgan fingerprint density at radius 2 is 1.95 bits per heavy atom. The van der Waals surface area contributed by atoms with Gasteiger partial charge in [-0.1, -0.05) is 30.3 Å². The number of amides is 1. The van der Waals surface area contributed by atoms with Gasteiger partial charge < -0.3 is 16.2 Å². The summed E-state index contributed by atoms with van der Waals surface area (Å²) in [5, 5.41) is 12.3. The van der Waals surface area contributed by atoms with Crippen molar-refractivity contribution in [2.24, 2.45) is 5.73 Å². The van der Waals surface area contributed by atoms with E-state index >= 15 is 0 Å². The molecule has 0 heterocycles. The number of hydrogen-bond donors (Lipinski definition) is 3. The monoisotopic (exact) mass is 270 g/mol. The summed E-state index contributed by atoms with van der Waals surface area (Å²) in [7, 11) is 0. The number of nitrogens with one attached hydrogen (secondary N) is 1. The van der Waals surface area contributed by atoms with Crippen LogP contribution in [0.25, 0.3) is 0 Å². The standard InChI is InChI=1S/C16H18N2O2/c1-11-9-13(7-8-15(11)19)18-16(20)14(10-17)12-5-3-2-4-6-12/h2-9,14,19H,10,17H2,1H3,(H,18,20). The van der Waals surface area contributed by atoms with E-state index in [-0.39, 0.29) is 24.1 Å². The summed E-state index contributed by atoms with van der Waals surface area (Å²) in [6.07, 6.45) is 0. The van der Waals surface area contributed by atoms with Gasteiger partial charge in [0.25, 0.3) is 0 Å². The molecule has 0 bridgehead atoms. The highest BCUT2D eigenvalue weighted by Gasteiger charge is 2.18. The van der Waals surface area contributed by atoms with E-state index in [2.05, 4.69) is 5.32 Å². The van der Waals surface area contributed by atoms with Gasteiger partial charge in [0.2, 0.25) is 5.91 Å². The van der Waals surface area contributed by atoms with Crippen LogP contribution in [-0.2, 0) is 4.79 Å². The molecule has 0 saturated heterocycles. The van der Waals surface area contributed by atoms with Crippen LogP contribution in [0.5, 0.6) is 5.75 Å². The fourth-order valence-corrected chi connectivity index (χ4v) is 2.04. The predicted molar refractivity (Wildman–Crippen MR) is 79.7 cm³/mol. The Balaban J connectivity index is 2.15. The Labute approximate surface area is 118 Å². The molecule has 4 N–H and O–H groups in total. The lowest BCUT2D eigenvalue weighted by Gasteiger charge is -2.15. The molecule has 1 unspecified atom stereocenters. The minimum atomic E-state index is -0.384. The Bertz CT molecular complexity index is 597. The predicted octanol–water partition coefficient (Wildman–Crippen LogP) is 2.38. The zero-order valence-electron chi connectivity index (χ0n) is 11.3. The van der Waals surface area contributed by atoms with Crippen LogP contribution in [0.3, 0.4) is 0 Å². The lowest BCUT2D eigenvalue weighted by molar-refractivity contribution is -0.117. The number of benzene rings is 2. The van der Waals surface area contributed by atoms with E-state index < -0.39 is 0 Å². The third kappa shape index (κ3) is 3.16. The van der Waals surface area contributed by atoms with Crippen LogP contribution in [0.15, 0.2) is 48.5 Å². The van der Waals surface area contributed by atoms with Gasteiger partial charge in [-0.05, 0) is 36.2 Å². The average molecular weight is 270 g/mol. The molecule has 0 saturated carbocycles. The van der Waals surface area contributed by atoms with Crippen LogP contribution in [-0.4, -0.2) is 17.6 Å². The molecule has 4 heteroatoms. The van der Waals surface area contributed by atoms with Crippen molar-refractivity contribution in [1.82, 2.24) is 0 Å². The van der Waals surface area contributed by atoms with Crippen molar-refractivity contribution in [1.29, 1.82) is 0 Å². The van der Waals surface area contributed by atoms with Crippen molar-refractivity contribution >= 4 is 11.6 Å². The molecule has 2 aromatic rings. The molecule has 1 atom stereocenters. The first-order valence-electron chi connectivity index (χ1n) is 6.47. The van der Waals surface area contributed by atoms with Crippen LogP contribution in [0.1, 0.15) is 17.0 Å². The summed E-state index contributed by atoms with van der Waals surface area (Å²) in [6, 6.07) is 14.4. The van der Waals surface area contributed by atoms with Gasteiger partial charge in [0.05, 0.1) is 5.92 Å². The summed E-state index contributed by atoms with van der Waals surface area (Å²) in [5.74, 6) is -0.324. The number of nitrogens with two attached hydrogens (primary N) is 1. The second kappa shape index (κ2) is 6.21. The number of phenols is 1. The van der Waals surface area contributed by atoms with Crippen molar-refractivity contribution in [3.05, 3.63) is 59.7 Å². The Kier molecular flexibility index (Phi) is 4.38. The van der Waals surface area contributed by atoms with Gasteiger partial charge in [0.1, 0.15) is 5.75 Å². The fourth-order valence-electron chi connectivity index (χ4n) is 2.04. The number of aryl methyl sites for hydroxylation is 1. The Morgan fingerprint density at radius 3 is 2.55 bits per heavy atom. The van der Waals surface area contributed by atoms with Crippen LogP contribution in [0, 0.1) is 6.92 Å². The maximum Gasteiger partial charge on any atom is 0.233 e. The van der Waals surface area contributed by atoms with Gasteiger partial charge in [0.15, 0.2) is 0 Å². The van der Waals surface area contributed by atoms with Crippen LogP contribution >= 0.6 is 0 Å². The Morgan fingerprint density at radius 1 is 1.25 bits per heavy atom. The van der Waals surface area contributed by atoms with Gasteiger partial charge in [0, 0.05) is 12.2 Å². The summed E-state index contributed by atoms with van der Waals surface area (Å²) >= 11 is 0. The molecule has 20 heavy (non-hydrogen) atoms. The molecule has 0 aromatic heterocycles. The maximum absolute atomic E-state index is 12.3. The van der Waals surface area contributed by atoms with E-state index in [1.54, 1.807) is 25.1 Å². The van der Waals surface area contributed by atoms with E-state index in [0.717, 1.165) is 5.56 Å². The number of rotatable bonds is 4. The molecule has 4 nitrogen and oxygen atoms in total. The van der Waals surface area contributed by atoms with Gasteiger partial charge >= 0.3 is 0 Å². The normalized spacial score (nSPS) is 11.9. The molecule has 2 rings (SSSR count). The third-order valence-corrected chi connectivity index (χ3v) is 3.22. The lowest BCUT2D eigenvalue weighted by atomic mass is 9.98. The number of carbonyl (C=O) groups excluding carboxylic acids is 1. The number of hydrogen-bond acceptors (Lipinski definition) is 3. The van der Waals surface area contributed by atoms with Crippen LogP contribution < -0.4 is 11.1 Å². The molecule has 104 valence electrons. The van der Waals surface area contributed by atoms with E-state index in [9.17, 15) is 9.90 Å². The molecule has 0 radical (unpaired) electrons. The topological polar surface area (TPSA) is 75.4 Å². The minimum Gasteiger partial charge on any atom is -0.508 e. The number of anilines is 1. The third-order valence-electron chi connectivity index (χ3n) is 3.22. The van der Waals surface area contributed by atoms with Gasteiger partial charge in [-0.15, -0.1) is 0 Å². The van der Waals surface area contributed by atoms with Crippen molar-refractivity contribution in [2.45, 2.75) is 12.8 Å². The lowest BCUT2D eigenvalue weighted by Crippen LogP contribution is -2.27. The summed E-state index contributed by atoms with van der Waals surface area (Å²) < 4.78 is 0. The first-order chi connectivity index (χ1) is 9.61. The SMILES string of the molecule is Cc1cc(NC(=O)C(CN)c2ccccc2)ccc1O. The fraction of sp³-hybridized carbons (Fsp3) is 0.188. The number of carbonyl (C=O) groups is 1. The average Bonchev–Trinajstić information content (AvgIpc) is 2.45. The second-order valence-corrected chi connectivity index (χ2v) is 4.69. The van der Waals surface area contributed by atoms with Crippen LogP contribution in [0.4, 0.5) is 5.69 Å². The summed E-state index contributed by atoms with van der Waals surface area (Å²) in [4.78, 5) is 12.3. The molecule has 2 aromatic carbocycles. The quantitative estimate of drug-likeness (QED) is 0.747. The smallest absolute Gasteiger partial charge is 0.233 e. The molecule has 0 spiro atoms. The highest BCUT2D eigenvalue weighted by Crippen LogP contribution is 2.22. The molecule has 0 aliphatic rings. The van der Waals surface area contributed by atoms with Gasteiger partial charge in [-0.25, -0.2) is 0 Å². The van der Waals surface area contributed by atoms with Gasteiger partial charge in [-0.2, -0.15) is 0 Å². The van der Waals surface area contributed by atoms with Crippen LogP contribution in [0.2, 0.25) is 0 Å². The zero-order valence-corrected chi connectivity index (χ0v) is 11.3. The molecule has 0 aliphatic carbocycles. The summed E-state index contributed by atoms with van der Waals surface area (Å²) in [5.41, 5.74) is 7.97. The second-order valence-electron chi connectivity index (χ2n) is 4.69. The van der Waals surface area contributed by atoms with E-state index in [1.807, 2.05) is 30.3 Å². The minimum absolute atomic E-state index is 0.149. The highest BCUT2D eigenvalue weighted by atomic mass is 16.3. The number of phenolic OH excluding ortho intramolecular Hbond substituents is 1. The van der Waals surface area contributed by atoms with E-state index in [0.29, 0.717) is 11.3 Å². The number of aromatic hydroxyl groups is 1. The first-order valence-corrected chi connectivity index (χ1v) is 6.47. The van der Waals surface area contributed by atoms with Gasteiger partial charge in [-0.3, -0.25) is 4.79 Å². The molecular formula is C16H18N2O2. The maximum atomic E-state index is 12.3. The van der Waals surface area contributed by atoms with Crippen molar-refractivity contribution in [2.75, 3.05) is 11.9 Å². The van der Waals surface area contributed by atoms with E-state index in [1.165, 1.54) is 0 Å². The Hall–Kier alpha value is -2.33. The molecular weight excluding hydrogens is 252 g/mol. The largest absolute Gasteiger partial charge is 0.508 e. The summed E-state index contributed by atoms with van der Waals surface area (Å²) in [6.45, 7) is 2.02. The van der Waals surface area contributed by atoms with Crippen molar-refractivity contribution < 1.29 is 9.90 Å². The van der Waals surface area contributed by atoms with Crippen molar-refractivity contribution in [3.63, 3.8) is 0 Å². The molecule has 0 aliphatic heterocycles.